The van der Waals surface area contributed by atoms with Crippen LogP contribution in [-0.4, -0.2) is 49.5 Å². The lowest BCUT2D eigenvalue weighted by atomic mass is 10.2. The van der Waals surface area contributed by atoms with E-state index in [9.17, 15) is 9.59 Å². The molecule has 0 aromatic heterocycles. The number of benzene rings is 2. The first-order valence-corrected chi connectivity index (χ1v) is 9.68. The van der Waals surface area contributed by atoms with Gasteiger partial charge in [0.15, 0.2) is 6.61 Å². The monoisotopic (exact) mass is 403 g/mol. The van der Waals surface area contributed by atoms with Crippen molar-refractivity contribution < 1.29 is 14.3 Å². The number of nitrogens with zero attached hydrogens (tertiary/aromatic N) is 1. The number of anilines is 1. The SMILES string of the molecule is CCN(CC)CCNC(=O)c1cccc(NC(=O)COc2ccc(Cl)cc2)c1. The molecule has 0 spiro atoms. The molecule has 2 aromatic rings. The molecular formula is C21H26ClN3O3. The number of rotatable bonds is 10. The molecule has 2 N–H and O–H groups in total. The van der Waals surface area contributed by atoms with Crippen molar-refractivity contribution in [3.63, 3.8) is 0 Å². The van der Waals surface area contributed by atoms with Crippen molar-refractivity contribution in [2.24, 2.45) is 0 Å². The zero-order valence-electron chi connectivity index (χ0n) is 16.2. The summed E-state index contributed by atoms with van der Waals surface area (Å²) in [6.07, 6.45) is 0. The van der Waals surface area contributed by atoms with Crippen molar-refractivity contribution >= 4 is 29.1 Å². The first-order valence-electron chi connectivity index (χ1n) is 9.30. The maximum absolute atomic E-state index is 12.3. The van der Waals surface area contributed by atoms with Crippen LogP contribution in [0.5, 0.6) is 5.75 Å². The van der Waals surface area contributed by atoms with Crippen LogP contribution in [0, 0.1) is 0 Å². The van der Waals surface area contributed by atoms with E-state index in [1.807, 2.05) is 0 Å². The predicted octanol–water partition coefficient (Wildman–Crippen LogP) is 3.43. The Hall–Kier alpha value is -2.57. The summed E-state index contributed by atoms with van der Waals surface area (Å²) >= 11 is 5.81. The Morgan fingerprint density at radius 1 is 1.07 bits per heavy atom. The molecule has 0 aliphatic heterocycles. The number of hydrogen-bond acceptors (Lipinski definition) is 4. The van der Waals surface area contributed by atoms with Gasteiger partial charge in [0.1, 0.15) is 5.75 Å². The highest BCUT2D eigenvalue weighted by Crippen LogP contribution is 2.16. The van der Waals surface area contributed by atoms with E-state index in [0.29, 0.717) is 28.6 Å². The van der Waals surface area contributed by atoms with Gasteiger partial charge in [0.25, 0.3) is 11.8 Å². The highest BCUT2D eigenvalue weighted by atomic mass is 35.5. The number of carbonyl (C=O) groups is 2. The van der Waals surface area contributed by atoms with Crippen molar-refractivity contribution in [3.8, 4) is 5.75 Å². The number of nitrogens with one attached hydrogen (secondary N) is 2. The zero-order chi connectivity index (χ0) is 20.4. The molecule has 2 rings (SSSR count). The van der Waals surface area contributed by atoms with Gasteiger partial charge in [-0.15, -0.1) is 0 Å². The summed E-state index contributed by atoms with van der Waals surface area (Å²) in [6.45, 7) is 7.32. The molecule has 6 nitrogen and oxygen atoms in total. The fourth-order valence-electron chi connectivity index (χ4n) is 2.58. The number of carbonyl (C=O) groups excluding carboxylic acids is 2. The van der Waals surface area contributed by atoms with Crippen LogP contribution in [0.1, 0.15) is 24.2 Å². The van der Waals surface area contributed by atoms with Crippen molar-refractivity contribution in [3.05, 3.63) is 59.1 Å². The number of halogens is 1. The molecule has 0 saturated heterocycles. The van der Waals surface area contributed by atoms with E-state index in [2.05, 4.69) is 29.4 Å². The first-order chi connectivity index (χ1) is 13.5. The van der Waals surface area contributed by atoms with Crippen LogP contribution in [0.15, 0.2) is 48.5 Å². The minimum Gasteiger partial charge on any atom is -0.484 e. The quantitative estimate of drug-likeness (QED) is 0.637. The molecule has 28 heavy (non-hydrogen) atoms. The maximum Gasteiger partial charge on any atom is 0.262 e. The number of amides is 2. The fourth-order valence-corrected chi connectivity index (χ4v) is 2.71. The molecule has 0 aliphatic carbocycles. The van der Waals surface area contributed by atoms with Crippen LogP contribution in [-0.2, 0) is 4.79 Å². The van der Waals surface area contributed by atoms with Gasteiger partial charge in [0, 0.05) is 29.4 Å². The van der Waals surface area contributed by atoms with Gasteiger partial charge >= 0.3 is 0 Å². The van der Waals surface area contributed by atoms with Gasteiger partial charge in [-0.1, -0.05) is 31.5 Å². The third-order valence-corrected chi connectivity index (χ3v) is 4.45. The summed E-state index contributed by atoms with van der Waals surface area (Å²) in [5, 5.41) is 6.24. The van der Waals surface area contributed by atoms with Crippen LogP contribution in [0.3, 0.4) is 0 Å². The van der Waals surface area contributed by atoms with E-state index in [0.717, 1.165) is 19.6 Å². The van der Waals surface area contributed by atoms with E-state index in [4.69, 9.17) is 16.3 Å². The minimum absolute atomic E-state index is 0.137. The van der Waals surface area contributed by atoms with Crippen molar-refractivity contribution in [2.75, 3.05) is 38.1 Å². The van der Waals surface area contributed by atoms with E-state index in [1.54, 1.807) is 48.5 Å². The lowest BCUT2D eigenvalue weighted by Crippen LogP contribution is -2.34. The van der Waals surface area contributed by atoms with Crippen LogP contribution >= 0.6 is 11.6 Å². The Kier molecular flexibility index (Phi) is 8.78. The van der Waals surface area contributed by atoms with Gasteiger partial charge in [-0.25, -0.2) is 0 Å². The van der Waals surface area contributed by atoms with Gasteiger partial charge in [-0.05, 0) is 55.6 Å². The number of hydrogen-bond donors (Lipinski definition) is 2. The highest BCUT2D eigenvalue weighted by Gasteiger charge is 2.09. The Bertz CT molecular complexity index is 777. The van der Waals surface area contributed by atoms with Gasteiger partial charge in [0.05, 0.1) is 0 Å². The molecule has 0 bridgehead atoms. The second-order valence-corrected chi connectivity index (χ2v) is 6.59. The molecule has 0 atom stereocenters. The summed E-state index contributed by atoms with van der Waals surface area (Å²) in [6, 6.07) is 13.6. The highest BCUT2D eigenvalue weighted by molar-refractivity contribution is 6.30. The Morgan fingerprint density at radius 2 is 1.79 bits per heavy atom. The summed E-state index contributed by atoms with van der Waals surface area (Å²) in [7, 11) is 0. The molecule has 0 saturated carbocycles. The topological polar surface area (TPSA) is 70.7 Å². The summed E-state index contributed by atoms with van der Waals surface area (Å²) in [5.74, 6) is 0.0793. The van der Waals surface area contributed by atoms with Crippen LogP contribution in [0.25, 0.3) is 0 Å². The summed E-state index contributed by atoms with van der Waals surface area (Å²) in [5.41, 5.74) is 1.04. The van der Waals surface area contributed by atoms with Gasteiger partial charge in [-0.3, -0.25) is 9.59 Å². The lowest BCUT2D eigenvalue weighted by Gasteiger charge is -2.18. The van der Waals surface area contributed by atoms with E-state index in [-0.39, 0.29) is 18.4 Å². The van der Waals surface area contributed by atoms with Crippen molar-refractivity contribution in [1.82, 2.24) is 10.2 Å². The average Bonchev–Trinajstić information content (AvgIpc) is 2.71. The third-order valence-electron chi connectivity index (χ3n) is 4.20. The molecule has 7 heteroatoms. The van der Waals surface area contributed by atoms with Crippen LogP contribution in [0.2, 0.25) is 5.02 Å². The second kappa shape index (κ2) is 11.3. The molecule has 0 fully saturated rings. The average molecular weight is 404 g/mol. The Morgan fingerprint density at radius 3 is 2.46 bits per heavy atom. The molecule has 0 unspecified atom stereocenters. The molecular weight excluding hydrogens is 378 g/mol. The zero-order valence-corrected chi connectivity index (χ0v) is 17.0. The molecule has 0 radical (unpaired) electrons. The molecule has 2 aromatic carbocycles. The van der Waals surface area contributed by atoms with Gasteiger partial charge in [-0.2, -0.15) is 0 Å². The summed E-state index contributed by atoms with van der Waals surface area (Å²) < 4.78 is 5.41. The normalized spacial score (nSPS) is 10.6. The standard InChI is InChI=1S/C21H26ClN3O3/c1-3-25(4-2)13-12-23-21(27)16-6-5-7-18(14-16)24-20(26)15-28-19-10-8-17(22)9-11-19/h5-11,14H,3-4,12-13,15H2,1-2H3,(H,23,27)(H,24,26). The van der Waals surface area contributed by atoms with E-state index >= 15 is 0 Å². The molecule has 2 amide bonds. The predicted molar refractivity (Wildman–Crippen MR) is 112 cm³/mol. The van der Waals surface area contributed by atoms with Crippen molar-refractivity contribution in [1.29, 1.82) is 0 Å². The van der Waals surface area contributed by atoms with Gasteiger partial charge in [0.2, 0.25) is 0 Å². The largest absolute Gasteiger partial charge is 0.484 e. The van der Waals surface area contributed by atoms with E-state index < -0.39 is 0 Å². The first kappa shape index (κ1) is 21.7. The van der Waals surface area contributed by atoms with Crippen LogP contribution in [0.4, 0.5) is 5.69 Å². The van der Waals surface area contributed by atoms with Crippen molar-refractivity contribution in [2.45, 2.75) is 13.8 Å². The smallest absolute Gasteiger partial charge is 0.262 e. The minimum atomic E-state index is -0.311. The third kappa shape index (κ3) is 7.21. The molecule has 0 heterocycles. The van der Waals surface area contributed by atoms with E-state index in [1.165, 1.54) is 0 Å². The number of likely N-dealkylation sites (N-methyl/N-ethyl adjacent to an activating group) is 1. The fraction of sp³-hybridized carbons (Fsp3) is 0.333. The Balaban J connectivity index is 1.83. The number of ether oxygens (including phenoxy) is 1. The van der Waals surface area contributed by atoms with Gasteiger partial charge < -0.3 is 20.3 Å². The van der Waals surface area contributed by atoms with Crippen LogP contribution < -0.4 is 15.4 Å². The lowest BCUT2D eigenvalue weighted by molar-refractivity contribution is -0.118. The molecule has 0 aliphatic rings. The summed E-state index contributed by atoms with van der Waals surface area (Å²) in [4.78, 5) is 26.6. The Labute approximate surface area is 170 Å². The molecule has 150 valence electrons. The maximum atomic E-state index is 12.3. The second-order valence-electron chi connectivity index (χ2n) is 6.15.